The molecule has 366 valence electrons. The molecule has 0 aliphatic rings. The van der Waals surface area contributed by atoms with Gasteiger partial charge in [0.1, 0.15) is 30.2 Å². The minimum Gasteiger partial charge on any atom is -0.481 e. The summed E-state index contributed by atoms with van der Waals surface area (Å²) in [6.45, 7) is 4.83. The maximum absolute atomic E-state index is 14.5. The highest BCUT2D eigenvalue weighted by molar-refractivity contribution is 5.97. The Hall–Kier alpha value is -7.84. The lowest BCUT2D eigenvalue weighted by Gasteiger charge is -2.26. The third-order valence-corrected chi connectivity index (χ3v) is 11.4. The summed E-state index contributed by atoms with van der Waals surface area (Å²) in [5.41, 5.74) is 22.9. The van der Waals surface area contributed by atoms with Gasteiger partial charge in [-0.05, 0) is 68.5 Å². The van der Waals surface area contributed by atoms with Crippen LogP contribution in [0.5, 0.6) is 0 Å². The molecule has 0 aliphatic carbocycles. The Bertz CT molecular complexity index is 2680. The van der Waals surface area contributed by atoms with Crippen LogP contribution in [0.4, 0.5) is 0 Å². The summed E-state index contributed by atoms with van der Waals surface area (Å²) in [6.07, 6.45) is 6.47. The number of rotatable bonds is 23. The number of para-hydroxylation sites is 2. The van der Waals surface area contributed by atoms with Crippen molar-refractivity contribution in [2.24, 2.45) is 17.2 Å². The van der Waals surface area contributed by atoms with Gasteiger partial charge in [0.05, 0.1) is 12.4 Å². The summed E-state index contributed by atoms with van der Waals surface area (Å²) >= 11 is 0. The van der Waals surface area contributed by atoms with E-state index in [1.54, 1.807) is 36.7 Å². The first kappa shape index (κ1) is 52.1. The number of nitrogens with one attached hydrogen (secondary N) is 8. The SMILES string of the molecule is CC(=O)O.Cc1[nH]c2ccccc2c1C[C@@H](NC(=O)[C@@H](N)Cc1cnc[nH]1)C(=O)N[C@@H](C)C(=O)N[C@@H](Cc1c[nH]c2ccccc12)C(=O)N[C@H](Cc1ccccc1)C(=O)N[C@@H](CCCCN)C(N)=O. The van der Waals surface area contributed by atoms with Gasteiger partial charge in [0.25, 0.3) is 5.97 Å². The summed E-state index contributed by atoms with van der Waals surface area (Å²) in [4.78, 5) is 105. The normalized spacial score (nSPS) is 13.6. The Labute approximate surface area is 398 Å². The summed E-state index contributed by atoms with van der Waals surface area (Å²) in [5.74, 6) is -4.84. The zero-order chi connectivity index (χ0) is 50.0. The second-order valence-corrected chi connectivity index (χ2v) is 16.8. The Balaban J connectivity index is 0.00000213. The predicted molar refractivity (Wildman–Crippen MR) is 260 cm³/mol. The molecular weight excluding hydrogens is 885 g/mol. The molecule has 3 aromatic heterocycles. The minimum absolute atomic E-state index is 0.00231. The van der Waals surface area contributed by atoms with Crippen LogP contribution in [0.2, 0.25) is 0 Å². The Morgan fingerprint density at radius 2 is 1.23 bits per heavy atom. The smallest absolute Gasteiger partial charge is 0.300 e. The number of aliphatic carboxylic acids is 1. The fraction of sp³-hybridized carbons (Fsp3) is 0.347. The molecule has 0 fully saturated rings. The van der Waals surface area contributed by atoms with Crippen molar-refractivity contribution in [3.8, 4) is 0 Å². The Morgan fingerprint density at radius 3 is 1.88 bits per heavy atom. The molecule has 0 bridgehead atoms. The topological polar surface area (TPSA) is 338 Å². The van der Waals surface area contributed by atoms with Gasteiger partial charge in [-0.2, -0.15) is 0 Å². The quantitative estimate of drug-likeness (QED) is 0.0408. The van der Waals surface area contributed by atoms with Gasteiger partial charge in [0, 0.05) is 78.2 Å². The molecule has 3 aromatic carbocycles. The van der Waals surface area contributed by atoms with Crippen molar-refractivity contribution in [2.45, 2.75) is 102 Å². The van der Waals surface area contributed by atoms with Crippen molar-refractivity contribution in [3.63, 3.8) is 0 Å². The van der Waals surface area contributed by atoms with Crippen LogP contribution in [0.15, 0.2) is 97.6 Å². The molecule has 0 radical (unpaired) electrons. The van der Waals surface area contributed by atoms with Gasteiger partial charge < -0.3 is 63.8 Å². The number of H-pyrrole nitrogens is 3. The average molecular weight is 947 g/mol. The summed E-state index contributed by atoms with van der Waals surface area (Å²) in [5, 5.41) is 23.0. The molecule has 6 aromatic rings. The second-order valence-electron chi connectivity index (χ2n) is 16.8. The average Bonchev–Trinajstić information content (AvgIpc) is 4.07. The van der Waals surface area contributed by atoms with Crippen molar-refractivity contribution < 1.29 is 38.7 Å². The summed E-state index contributed by atoms with van der Waals surface area (Å²) in [6, 6.07) is 17.3. The number of carboxylic acid groups (broad SMARTS) is 1. The minimum atomic E-state index is -1.26. The molecule has 0 unspecified atom stereocenters. The number of carbonyl (C=O) groups is 7. The van der Waals surface area contributed by atoms with Crippen LogP contribution in [0, 0.1) is 6.92 Å². The number of nitrogens with zero attached hydrogens (tertiary/aromatic N) is 1. The lowest BCUT2D eigenvalue weighted by molar-refractivity contribution is -0.134. The zero-order valence-electron chi connectivity index (χ0n) is 38.8. The number of carboxylic acids is 1. The summed E-state index contributed by atoms with van der Waals surface area (Å²) in [7, 11) is 0. The van der Waals surface area contributed by atoms with Crippen LogP contribution >= 0.6 is 0 Å². The van der Waals surface area contributed by atoms with Crippen LogP contribution in [-0.2, 0) is 59.2 Å². The molecular formula is C49H62N12O8. The van der Waals surface area contributed by atoms with Crippen molar-refractivity contribution in [2.75, 3.05) is 6.54 Å². The number of aromatic nitrogens is 4. The molecule has 6 rings (SSSR count). The molecule has 0 saturated heterocycles. The van der Waals surface area contributed by atoms with E-state index in [4.69, 9.17) is 27.1 Å². The number of primary amides is 1. The van der Waals surface area contributed by atoms with Crippen LogP contribution in [0.25, 0.3) is 21.8 Å². The number of hydrogen-bond acceptors (Lipinski definition) is 10. The number of fused-ring (bicyclic) bond motifs is 2. The highest BCUT2D eigenvalue weighted by Gasteiger charge is 2.33. The third-order valence-electron chi connectivity index (χ3n) is 11.4. The Kier molecular flexibility index (Phi) is 19.1. The number of aromatic amines is 3. The molecule has 20 heteroatoms. The van der Waals surface area contributed by atoms with Crippen LogP contribution in [0.3, 0.4) is 0 Å². The standard InChI is InChI=1S/C47H58N12O6.C2H4O2/c1-27-34(33-15-7-9-17-37(33)54-27)23-41(58-44(62)35(49)22-31-25-51-26-53-31)45(63)55-28(2)43(61)57-40(21-30-24-52-36-16-8-6-14-32(30)36)47(65)59-39(20-29-12-4-3-5-13-29)46(64)56-38(42(50)60)18-10-11-19-48;1-2(3)4/h3-9,12-17,24-26,28,35,38-41,52,54H,10-11,18-23,48-49H2,1-2H3,(H2,50,60)(H,51,53)(H,55,63)(H,56,64)(H,57,61)(H,58,62)(H,59,65);1H3,(H,3,4)/t28-,35-,38-,39+,40-,41+;/m0./s1. The second kappa shape index (κ2) is 25.3. The molecule has 0 spiro atoms. The third kappa shape index (κ3) is 15.3. The molecule has 20 nitrogen and oxygen atoms in total. The van der Waals surface area contributed by atoms with E-state index in [-0.39, 0.29) is 32.1 Å². The van der Waals surface area contributed by atoms with Gasteiger partial charge >= 0.3 is 0 Å². The van der Waals surface area contributed by atoms with Gasteiger partial charge in [-0.1, -0.05) is 66.7 Å². The van der Waals surface area contributed by atoms with Crippen molar-refractivity contribution >= 4 is 63.2 Å². The monoisotopic (exact) mass is 946 g/mol. The molecule has 15 N–H and O–H groups in total. The number of aryl methyl sites for hydroxylation is 1. The number of imidazole rings is 1. The van der Waals surface area contributed by atoms with Crippen LogP contribution in [0.1, 0.15) is 61.2 Å². The molecule has 3 heterocycles. The van der Waals surface area contributed by atoms with Crippen LogP contribution in [-0.4, -0.2) is 109 Å². The molecule has 0 saturated carbocycles. The first-order chi connectivity index (χ1) is 33.0. The molecule has 0 aliphatic heterocycles. The molecule has 6 amide bonds. The maximum atomic E-state index is 14.5. The number of hydrogen-bond donors (Lipinski definition) is 12. The number of unbranched alkanes of at least 4 members (excludes halogenated alkanes) is 1. The number of carbonyl (C=O) groups excluding carboxylic acids is 6. The Morgan fingerprint density at radius 1 is 0.667 bits per heavy atom. The lowest BCUT2D eigenvalue weighted by atomic mass is 10.0. The maximum Gasteiger partial charge on any atom is 0.300 e. The molecule has 6 atom stereocenters. The van der Waals surface area contributed by atoms with Gasteiger partial charge in [-0.15, -0.1) is 0 Å². The van der Waals surface area contributed by atoms with E-state index < -0.39 is 77.7 Å². The van der Waals surface area contributed by atoms with E-state index in [1.807, 2.05) is 61.5 Å². The fourth-order valence-corrected chi connectivity index (χ4v) is 7.80. The van der Waals surface area contributed by atoms with Gasteiger partial charge in [-0.25, -0.2) is 4.98 Å². The largest absolute Gasteiger partial charge is 0.481 e. The number of amides is 6. The molecule has 69 heavy (non-hydrogen) atoms. The first-order valence-electron chi connectivity index (χ1n) is 22.6. The van der Waals surface area contributed by atoms with E-state index in [2.05, 4.69) is 46.5 Å². The highest BCUT2D eigenvalue weighted by Crippen LogP contribution is 2.24. The zero-order valence-corrected chi connectivity index (χ0v) is 38.8. The number of benzene rings is 3. The van der Waals surface area contributed by atoms with Gasteiger partial charge in [0.2, 0.25) is 35.4 Å². The number of nitrogens with two attached hydrogens (primary N) is 3. The summed E-state index contributed by atoms with van der Waals surface area (Å²) < 4.78 is 0. The highest BCUT2D eigenvalue weighted by atomic mass is 16.4. The van der Waals surface area contributed by atoms with E-state index in [0.29, 0.717) is 30.6 Å². The van der Waals surface area contributed by atoms with Crippen LogP contribution < -0.4 is 43.8 Å². The lowest BCUT2D eigenvalue weighted by Crippen LogP contribution is -2.59. The predicted octanol–water partition coefficient (Wildman–Crippen LogP) is 1.43. The van der Waals surface area contributed by atoms with Crippen molar-refractivity contribution in [3.05, 3.63) is 126 Å². The van der Waals surface area contributed by atoms with E-state index in [9.17, 15) is 28.8 Å². The van der Waals surface area contributed by atoms with E-state index in [0.717, 1.165) is 45.6 Å². The van der Waals surface area contributed by atoms with E-state index in [1.165, 1.54) is 13.3 Å². The fourth-order valence-electron chi connectivity index (χ4n) is 7.80. The van der Waals surface area contributed by atoms with Crippen molar-refractivity contribution in [1.82, 2.24) is 46.5 Å². The van der Waals surface area contributed by atoms with Gasteiger partial charge in [-0.3, -0.25) is 33.6 Å². The van der Waals surface area contributed by atoms with E-state index >= 15 is 0 Å². The van der Waals surface area contributed by atoms with Gasteiger partial charge in [0.15, 0.2) is 0 Å². The first-order valence-corrected chi connectivity index (χ1v) is 22.6. The van der Waals surface area contributed by atoms with Crippen molar-refractivity contribution in [1.29, 1.82) is 0 Å².